The van der Waals surface area contributed by atoms with Crippen molar-refractivity contribution in [3.63, 3.8) is 0 Å². The van der Waals surface area contributed by atoms with Gasteiger partial charge in [-0.15, -0.1) is 11.1 Å². The number of hydrogen-bond acceptors (Lipinski definition) is 4. The molecule has 2 heterocycles. The summed E-state index contributed by atoms with van der Waals surface area (Å²) in [6.45, 7) is 28.5. The van der Waals surface area contributed by atoms with Gasteiger partial charge in [0.1, 0.15) is 16.1 Å². The molecule has 1 aliphatic heterocycles. The van der Waals surface area contributed by atoms with Crippen molar-refractivity contribution in [2.75, 3.05) is 10.6 Å². The van der Waals surface area contributed by atoms with Crippen LogP contribution in [-0.2, 0) is 0 Å². The monoisotopic (exact) mass is 644 g/mol. The Hall–Kier alpha value is -3.59. The second-order valence-corrected chi connectivity index (χ2v) is 26.2. The summed E-state index contributed by atoms with van der Waals surface area (Å²) < 4.78 is 0. The van der Waals surface area contributed by atoms with Gasteiger partial charge in [0, 0.05) is 23.2 Å². The first kappa shape index (κ1) is 33.8. The Labute approximate surface area is 279 Å². The average molecular weight is 645 g/mol. The van der Waals surface area contributed by atoms with Gasteiger partial charge in [0.05, 0.1) is 22.5 Å². The van der Waals surface area contributed by atoms with Gasteiger partial charge >= 0.3 is 0 Å². The third-order valence-electron chi connectivity index (χ3n) is 10.9. The Morgan fingerprint density at radius 1 is 0.522 bits per heavy atom. The van der Waals surface area contributed by atoms with Crippen LogP contribution in [0.1, 0.15) is 94.2 Å². The number of rotatable bonds is 6. The van der Waals surface area contributed by atoms with E-state index < -0.39 is 16.1 Å². The topological polar surface area (TPSA) is 49.8 Å². The van der Waals surface area contributed by atoms with Gasteiger partial charge in [0.25, 0.3) is 0 Å². The maximum absolute atomic E-state index is 4.66. The minimum absolute atomic E-state index is 0.534. The molecule has 5 rings (SSSR count). The molecule has 6 heteroatoms. The van der Waals surface area contributed by atoms with Crippen LogP contribution in [0.25, 0.3) is 21.5 Å². The van der Waals surface area contributed by atoms with Gasteiger partial charge in [0.2, 0.25) is 0 Å². The molecule has 0 atom stereocenters. The Kier molecular flexibility index (Phi) is 9.47. The van der Waals surface area contributed by atoms with E-state index in [1.54, 1.807) is 12.4 Å². The molecule has 1 aromatic heterocycles. The molecule has 240 valence electrons. The van der Waals surface area contributed by atoms with Crippen LogP contribution in [0.5, 0.6) is 0 Å². The quantitative estimate of drug-likeness (QED) is 0.110. The Bertz CT molecular complexity index is 1720. The predicted molar refractivity (Wildman–Crippen MR) is 206 cm³/mol. The largest absolute Gasteiger partial charge is 0.334 e. The molecular weight excluding hydrogens is 593 g/mol. The van der Waals surface area contributed by atoms with E-state index in [1.165, 1.54) is 10.8 Å². The molecular formula is C40H52N4Si2. The first-order chi connectivity index (χ1) is 21.7. The van der Waals surface area contributed by atoms with E-state index in [0.717, 1.165) is 33.3 Å². The fourth-order valence-electron chi connectivity index (χ4n) is 8.65. The number of fused-ring (bicyclic) bond motifs is 4. The zero-order chi connectivity index (χ0) is 33.6. The third kappa shape index (κ3) is 5.54. The molecule has 46 heavy (non-hydrogen) atoms. The van der Waals surface area contributed by atoms with Gasteiger partial charge in [-0.25, -0.2) is 9.97 Å². The molecule has 0 radical (unpaired) electrons. The molecule has 4 nitrogen and oxygen atoms in total. The van der Waals surface area contributed by atoms with Gasteiger partial charge in [-0.1, -0.05) is 119 Å². The fraction of sp³-hybridized carbons (Fsp3) is 0.450. The van der Waals surface area contributed by atoms with E-state index in [0.29, 0.717) is 44.9 Å². The molecule has 0 saturated heterocycles. The number of benzene rings is 3. The van der Waals surface area contributed by atoms with E-state index in [4.69, 9.17) is 0 Å². The van der Waals surface area contributed by atoms with Crippen LogP contribution in [0, 0.1) is 22.9 Å². The molecule has 0 bridgehead atoms. The highest BCUT2D eigenvalue weighted by molar-refractivity contribution is 6.91. The number of hydrogen-bond donors (Lipinski definition) is 2. The molecule has 0 unspecified atom stereocenters. The summed E-state index contributed by atoms with van der Waals surface area (Å²) in [6.07, 6.45) is 3.47. The van der Waals surface area contributed by atoms with Crippen molar-refractivity contribution in [2.24, 2.45) is 0 Å². The molecule has 1 aliphatic rings. The van der Waals surface area contributed by atoms with Crippen LogP contribution in [0.3, 0.4) is 0 Å². The predicted octanol–water partition coefficient (Wildman–Crippen LogP) is 11.7. The molecule has 3 aromatic carbocycles. The average Bonchev–Trinajstić information content (AvgIpc) is 2.99. The van der Waals surface area contributed by atoms with Gasteiger partial charge in [-0.3, -0.25) is 0 Å². The first-order valence-corrected chi connectivity index (χ1v) is 21.7. The van der Waals surface area contributed by atoms with Gasteiger partial charge in [-0.05, 0) is 56.2 Å². The van der Waals surface area contributed by atoms with E-state index in [1.807, 2.05) is 0 Å². The lowest BCUT2D eigenvalue weighted by Crippen LogP contribution is -2.43. The normalized spacial score (nSPS) is 13.1. The van der Waals surface area contributed by atoms with Gasteiger partial charge in [-0.2, -0.15) is 0 Å². The molecule has 0 amide bonds. The molecule has 0 fully saturated rings. The molecule has 4 aromatic rings. The number of nitrogens with one attached hydrogen (secondary N) is 2. The maximum atomic E-state index is 4.66. The van der Waals surface area contributed by atoms with Crippen LogP contribution in [0.2, 0.25) is 33.2 Å². The zero-order valence-corrected chi connectivity index (χ0v) is 32.0. The standard InChI is InChI=1S/C40H52N4Si2/c1-25(2)45(26(3)4,27(5)6)21-17-33-35-23-31-15-13-14-16-32(31)24-36(35)34(18-22-46(28(7)8,29(9)10)30(11)12)38-37(33)43-39-40(44-38)42-20-19-41-39/h13-16,19-20,23-30H,1-12H3,(H,41,43)(H,42,44). The summed E-state index contributed by atoms with van der Waals surface area (Å²) in [4.78, 5) is 9.33. The molecule has 0 saturated carbocycles. The van der Waals surface area contributed by atoms with Crippen LogP contribution in [0.15, 0.2) is 48.8 Å². The minimum Gasteiger partial charge on any atom is -0.334 e. The number of aromatic nitrogens is 2. The van der Waals surface area contributed by atoms with Crippen LogP contribution in [-0.4, -0.2) is 26.1 Å². The van der Waals surface area contributed by atoms with Gasteiger partial charge < -0.3 is 10.6 Å². The van der Waals surface area contributed by atoms with E-state index in [9.17, 15) is 0 Å². The summed E-state index contributed by atoms with van der Waals surface area (Å²) >= 11 is 0. The zero-order valence-electron chi connectivity index (χ0n) is 30.0. The van der Waals surface area contributed by atoms with E-state index >= 15 is 0 Å². The van der Waals surface area contributed by atoms with E-state index in [-0.39, 0.29) is 0 Å². The lowest BCUT2D eigenvalue weighted by molar-refractivity contribution is 0.838. The van der Waals surface area contributed by atoms with Crippen molar-refractivity contribution in [2.45, 2.75) is 116 Å². The van der Waals surface area contributed by atoms with Crippen molar-refractivity contribution in [3.05, 3.63) is 59.9 Å². The first-order valence-electron chi connectivity index (χ1n) is 17.2. The summed E-state index contributed by atoms with van der Waals surface area (Å²) in [5, 5.41) is 12.1. The van der Waals surface area contributed by atoms with Crippen molar-refractivity contribution < 1.29 is 0 Å². The SMILES string of the molecule is CC(C)[Si](C#Cc1c2c(c(C#C[Si](C(C)C)(C(C)C)C(C)C)c3cc4ccccc4cc13)Nc1nccnc1N2)(C(C)C)C(C)C. The third-order valence-corrected chi connectivity index (χ3v) is 23.5. The number of anilines is 4. The molecule has 0 aliphatic carbocycles. The maximum Gasteiger partial charge on any atom is 0.174 e. The Balaban J connectivity index is 1.95. The smallest absolute Gasteiger partial charge is 0.174 e. The van der Waals surface area contributed by atoms with Crippen molar-refractivity contribution in [1.29, 1.82) is 0 Å². The summed E-state index contributed by atoms with van der Waals surface area (Å²) in [5.74, 6) is 9.17. The van der Waals surface area contributed by atoms with Crippen LogP contribution in [0.4, 0.5) is 23.0 Å². The second-order valence-electron chi connectivity index (χ2n) is 15.0. The fourth-order valence-corrected chi connectivity index (χ4v) is 19.1. The summed E-state index contributed by atoms with van der Waals surface area (Å²) in [6, 6.07) is 13.3. The highest BCUT2D eigenvalue weighted by Crippen LogP contribution is 2.47. The second kappa shape index (κ2) is 12.9. The Morgan fingerprint density at radius 2 is 0.848 bits per heavy atom. The van der Waals surface area contributed by atoms with Crippen molar-refractivity contribution >= 4 is 60.7 Å². The lowest BCUT2D eigenvalue weighted by Gasteiger charge is -2.38. The van der Waals surface area contributed by atoms with E-state index in [2.05, 4.69) is 163 Å². The van der Waals surface area contributed by atoms with Crippen LogP contribution < -0.4 is 10.6 Å². The number of nitrogens with zero attached hydrogens (tertiary/aromatic N) is 2. The minimum atomic E-state index is -2.02. The van der Waals surface area contributed by atoms with Crippen LogP contribution >= 0.6 is 0 Å². The lowest BCUT2D eigenvalue weighted by atomic mass is 9.92. The van der Waals surface area contributed by atoms with Crippen molar-refractivity contribution in [3.8, 4) is 22.9 Å². The highest BCUT2D eigenvalue weighted by atomic mass is 28.3. The van der Waals surface area contributed by atoms with Gasteiger partial charge in [0.15, 0.2) is 11.6 Å². The molecule has 2 N–H and O–H groups in total. The Morgan fingerprint density at radius 3 is 1.15 bits per heavy atom. The summed E-state index contributed by atoms with van der Waals surface area (Å²) in [7, 11) is -4.04. The van der Waals surface area contributed by atoms with Crippen molar-refractivity contribution in [1.82, 2.24) is 9.97 Å². The summed E-state index contributed by atoms with van der Waals surface area (Å²) in [5.41, 5.74) is 15.2. The molecule has 0 spiro atoms. The highest BCUT2D eigenvalue weighted by Gasteiger charge is 2.43.